The maximum Gasteiger partial charge on any atom is 0.264 e. The highest BCUT2D eigenvalue weighted by atomic mass is 35.5. The topological polar surface area (TPSA) is 86.8 Å². The van der Waals surface area contributed by atoms with Crippen molar-refractivity contribution in [2.75, 3.05) is 10.8 Å². The van der Waals surface area contributed by atoms with Crippen molar-refractivity contribution in [1.82, 2.24) is 10.2 Å². The van der Waals surface area contributed by atoms with Gasteiger partial charge in [-0.15, -0.1) is 0 Å². The normalized spacial score (nSPS) is 12.5. The second-order valence-corrected chi connectivity index (χ2v) is 13.2. The molecule has 0 bridgehead atoms. The number of carbonyl (C=O) groups is 2. The van der Waals surface area contributed by atoms with Crippen molar-refractivity contribution in [2.45, 2.75) is 64.1 Å². The molecule has 0 aromatic heterocycles. The molecule has 214 valence electrons. The third-order valence-corrected chi connectivity index (χ3v) is 8.64. The largest absolute Gasteiger partial charge is 0.350 e. The predicted molar refractivity (Wildman–Crippen MR) is 161 cm³/mol. The molecule has 10 heteroatoms. The molecule has 1 N–H and O–H groups in total. The molecule has 3 aromatic carbocycles. The van der Waals surface area contributed by atoms with E-state index in [4.69, 9.17) is 23.2 Å². The molecule has 7 nitrogen and oxygen atoms in total. The molecule has 0 aliphatic heterocycles. The number of halogens is 2. The average Bonchev–Trinajstić information content (AvgIpc) is 2.88. The fourth-order valence-corrected chi connectivity index (χ4v) is 6.07. The molecule has 40 heavy (non-hydrogen) atoms. The highest BCUT2D eigenvalue weighted by molar-refractivity contribution is 7.92. The van der Waals surface area contributed by atoms with Crippen molar-refractivity contribution in [3.63, 3.8) is 0 Å². The highest BCUT2D eigenvalue weighted by Gasteiger charge is 2.35. The summed E-state index contributed by atoms with van der Waals surface area (Å²) in [6.45, 7) is 8.65. The summed E-state index contributed by atoms with van der Waals surface area (Å²) >= 11 is 12.4. The number of rotatable bonds is 10. The zero-order chi connectivity index (χ0) is 29.7. The lowest BCUT2D eigenvalue weighted by molar-refractivity contribution is -0.141. The van der Waals surface area contributed by atoms with E-state index in [0.29, 0.717) is 33.3 Å². The van der Waals surface area contributed by atoms with Crippen LogP contribution in [0, 0.1) is 6.92 Å². The van der Waals surface area contributed by atoms with E-state index in [1.165, 1.54) is 29.2 Å². The molecule has 0 heterocycles. The molecule has 0 radical (unpaired) electrons. The zero-order valence-corrected chi connectivity index (χ0v) is 25.6. The van der Waals surface area contributed by atoms with Crippen LogP contribution in [0.5, 0.6) is 0 Å². The summed E-state index contributed by atoms with van der Waals surface area (Å²) in [4.78, 5) is 28.9. The summed E-state index contributed by atoms with van der Waals surface area (Å²) in [5.74, 6) is -0.880. The maximum absolute atomic E-state index is 14.1. The van der Waals surface area contributed by atoms with Gasteiger partial charge in [0, 0.05) is 22.1 Å². The molecule has 0 spiro atoms. The fourth-order valence-electron chi connectivity index (χ4n) is 4.27. The standard InChI is InChI=1S/C30H35Cl2N3O4S/c1-6-26(29(37)33-30(3,4)5)34(19-22-12-8-9-13-25(22)32)28(36)20-35(27-14-10-7-11-21(27)2)40(38,39)24-17-15-23(31)16-18-24/h7-18,26H,6,19-20H2,1-5H3,(H,33,37)/t26-/m0/s1. The molecule has 3 rings (SSSR count). The van der Waals surface area contributed by atoms with E-state index in [2.05, 4.69) is 5.32 Å². The van der Waals surface area contributed by atoms with Crippen LogP contribution >= 0.6 is 23.2 Å². The average molecular weight is 605 g/mol. The van der Waals surface area contributed by atoms with E-state index in [-0.39, 0.29) is 17.3 Å². The van der Waals surface area contributed by atoms with Gasteiger partial charge in [0.25, 0.3) is 10.0 Å². The monoisotopic (exact) mass is 603 g/mol. The minimum absolute atomic E-state index is 0.0110. The van der Waals surface area contributed by atoms with Crippen molar-refractivity contribution in [3.8, 4) is 0 Å². The number of nitrogens with zero attached hydrogens (tertiary/aromatic N) is 2. The van der Waals surface area contributed by atoms with Crippen molar-refractivity contribution in [1.29, 1.82) is 0 Å². The Morgan fingerprint density at radius 3 is 2.10 bits per heavy atom. The molecule has 0 saturated carbocycles. The number of carbonyl (C=O) groups excluding carboxylic acids is 2. The molecule has 2 amide bonds. The number of para-hydroxylation sites is 1. The van der Waals surface area contributed by atoms with Crippen LogP contribution in [0.1, 0.15) is 45.2 Å². The molecular weight excluding hydrogens is 569 g/mol. The van der Waals surface area contributed by atoms with Gasteiger partial charge in [0.05, 0.1) is 10.6 Å². The molecule has 0 aliphatic rings. The van der Waals surface area contributed by atoms with E-state index in [0.717, 1.165) is 4.31 Å². The van der Waals surface area contributed by atoms with Gasteiger partial charge in [-0.2, -0.15) is 0 Å². The van der Waals surface area contributed by atoms with Gasteiger partial charge in [-0.1, -0.05) is 66.5 Å². The van der Waals surface area contributed by atoms with Crippen LogP contribution in [0.3, 0.4) is 0 Å². The lowest BCUT2D eigenvalue weighted by Crippen LogP contribution is -2.55. The number of amides is 2. The first-order valence-corrected chi connectivity index (χ1v) is 15.1. The molecule has 0 saturated heterocycles. The Labute approximate surface area is 247 Å². The smallest absolute Gasteiger partial charge is 0.264 e. The summed E-state index contributed by atoms with van der Waals surface area (Å²) in [7, 11) is -4.18. The van der Waals surface area contributed by atoms with Crippen molar-refractivity contribution in [2.24, 2.45) is 0 Å². The number of hydrogen-bond acceptors (Lipinski definition) is 4. The van der Waals surface area contributed by atoms with E-state index >= 15 is 0 Å². The van der Waals surface area contributed by atoms with Gasteiger partial charge in [-0.05, 0) is 81.6 Å². The molecule has 0 unspecified atom stereocenters. The Hall–Kier alpha value is -3.07. The summed E-state index contributed by atoms with van der Waals surface area (Å²) in [5, 5.41) is 3.78. The Morgan fingerprint density at radius 2 is 1.52 bits per heavy atom. The van der Waals surface area contributed by atoms with E-state index in [1.54, 1.807) is 55.5 Å². The summed E-state index contributed by atoms with van der Waals surface area (Å²) in [5.41, 5.74) is 1.13. The number of sulfonamides is 1. The van der Waals surface area contributed by atoms with Crippen molar-refractivity contribution < 1.29 is 18.0 Å². The van der Waals surface area contributed by atoms with Crippen LogP contribution in [-0.4, -0.2) is 43.3 Å². The number of nitrogens with one attached hydrogen (secondary N) is 1. The van der Waals surface area contributed by atoms with Crippen LogP contribution in [0.25, 0.3) is 0 Å². The first-order chi connectivity index (χ1) is 18.7. The van der Waals surface area contributed by atoms with Crippen LogP contribution in [0.4, 0.5) is 5.69 Å². The zero-order valence-electron chi connectivity index (χ0n) is 23.3. The van der Waals surface area contributed by atoms with Crippen molar-refractivity contribution >= 4 is 50.7 Å². The van der Waals surface area contributed by atoms with E-state index in [9.17, 15) is 18.0 Å². The van der Waals surface area contributed by atoms with Gasteiger partial charge in [-0.3, -0.25) is 13.9 Å². The number of hydrogen-bond donors (Lipinski definition) is 1. The minimum atomic E-state index is -4.18. The molecular formula is C30H35Cl2N3O4S. The Bertz CT molecular complexity index is 1450. The van der Waals surface area contributed by atoms with Gasteiger partial charge >= 0.3 is 0 Å². The predicted octanol–water partition coefficient (Wildman–Crippen LogP) is 6.22. The third kappa shape index (κ3) is 7.77. The van der Waals surface area contributed by atoms with Crippen LogP contribution in [0.15, 0.2) is 77.7 Å². The second-order valence-electron chi connectivity index (χ2n) is 10.5. The number of aryl methyl sites for hydroxylation is 1. The quantitative estimate of drug-likeness (QED) is 0.298. The summed E-state index contributed by atoms with van der Waals surface area (Å²) < 4.78 is 29.0. The minimum Gasteiger partial charge on any atom is -0.350 e. The van der Waals surface area contributed by atoms with Crippen LogP contribution < -0.4 is 9.62 Å². The summed E-state index contributed by atoms with van der Waals surface area (Å²) in [6.07, 6.45) is 0.312. The van der Waals surface area contributed by atoms with Gasteiger partial charge in [-0.25, -0.2) is 8.42 Å². The molecule has 0 fully saturated rings. The lowest BCUT2D eigenvalue weighted by Gasteiger charge is -2.35. The van der Waals surface area contributed by atoms with Gasteiger partial charge < -0.3 is 10.2 Å². The fraction of sp³-hybridized carbons (Fsp3) is 0.333. The van der Waals surface area contributed by atoms with Crippen LogP contribution in [-0.2, 0) is 26.2 Å². The Balaban J connectivity index is 2.10. The third-order valence-electron chi connectivity index (χ3n) is 6.25. The van der Waals surface area contributed by atoms with Crippen molar-refractivity contribution in [3.05, 3.63) is 94.0 Å². The van der Waals surface area contributed by atoms with Crippen LogP contribution in [0.2, 0.25) is 10.0 Å². The first-order valence-electron chi connectivity index (χ1n) is 12.9. The first kappa shape index (κ1) is 31.5. The van der Waals surface area contributed by atoms with E-state index in [1.807, 2.05) is 27.7 Å². The Kier molecular flexibility index (Phi) is 10.3. The molecule has 0 aliphatic carbocycles. The molecule has 1 atom stereocenters. The van der Waals surface area contributed by atoms with Gasteiger partial charge in [0.2, 0.25) is 11.8 Å². The lowest BCUT2D eigenvalue weighted by atomic mass is 10.1. The number of benzene rings is 3. The maximum atomic E-state index is 14.1. The Morgan fingerprint density at radius 1 is 0.925 bits per heavy atom. The number of anilines is 1. The van der Waals surface area contributed by atoms with E-state index < -0.39 is 34.1 Å². The highest BCUT2D eigenvalue weighted by Crippen LogP contribution is 2.28. The van der Waals surface area contributed by atoms with Gasteiger partial charge in [0.1, 0.15) is 12.6 Å². The summed E-state index contributed by atoms with van der Waals surface area (Å²) in [6, 6.07) is 18.9. The van der Waals surface area contributed by atoms with Gasteiger partial charge in [0.15, 0.2) is 0 Å². The molecule has 3 aromatic rings. The second kappa shape index (κ2) is 13.1. The SMILES string of the molecule is CC[C@@H](C(=O)NC(C)(C)C)N(Cc1ccccc1Cl)C(=O)CN(c1ccccc1C)S(=O)(=O)c1ccc(Cl)cc1.